The Morgan fingerprint density at radius 3 is 2.65 bits per heavy atom. The minimum Gasteiger partial charge on any atom is -0.507 e. The first-order valence-electron chi connectivity index (χ1n) is 5.80. The van der Waals surface area contributed by atoms with E-state index in [0.717, 1.165) is 0 Å². The number of carbonyl (C=O) groups is 1. The summed E-state index contributed by atoms with van der Waals surface area (Å²) in [5, 5.41) is 18.7. The number of nitrogens with zero attached hydrogens (tertiary/aromatic N) is 2. The lowest BCUT2D eigenvalue weighted by Crippen LogP contribution is -2.26. The zero-order chi connectivity index (χ0) is 14.7. The summed E-state index contributed by atoms with van der Waals surface area (Å²) in [6.45, 7) is 0. The number of phenolic OH excluding ortho intramolecular Hbond substituents is 1. The molecule has 2 aromatic carbocycles. The average molecular weight is 378 g/mol. The topological polar surface area (TPSA) is 64.3 Å². The number of para-hydroxylation sites is 1. The summed E-state index contributed by atoms with van der Waals surface area (Å²) < 4.78 is 0.680. The smallest absolute Gasteiger partial charge is 0.258 e. The van der Waals surface area contributed by atoms with Crippen molar-refractivity contribution in [2.24, 2.45) is 0 Å². The van der Waals surface area contributed by atoms with Crippen molar-refractivity contribution in [3.8, 4) is 11.8 Å². The molecule has 4 nitrogen and oxygen atoms in total. The van der Waals surface area contributed by atoms with Gasteiger partial charge in [0.1, 0.15) is 11.8 Å². The lowest BCUT2D eigenvalue weighted by atomic mass is 10.1. The van der Waals surface area contributed by atoms with E-state index in [1.165, 1.54) is 11.0 Å². The molecule has 0 aliphatic heterocycles. The molecule has 0 bridgehead atoms. The van der Waals surface area contributed by atoms with Crippen LogP contribution in [0.2, 0.25) is 0 Å². The summed E-state index contributed by atoms with van der Waals surface area (Å²) in [6.07, 6.45) is 0. The molecule has 0 unspecified atom stereocenters. The fraction of sp³-hybridized carbons (Fsp3) is 0.0667. The number of aromatic hydroxyl groups is 1. The van der Waals surface area contributed by atoms with Gasteiger partial charge in [0.05, 0.1) is 14.8 Å². The second-order valence-corrected chi connectivity index (χ2v) is 5.32. The van der Waals surface area contributed by atoms with E-state index in [1.54, 1.807) is 43.4 Å². The highest BCUT2D eigenvalue weighted by Crippen LogP contribution is 2.24. The monoisotopic (exact) mass is 378 g/mol. The van der Waals surface area contributed by atoms with Crippen LogP contribution < -0.4 is 4.90 Å². The number of amides is 1. The van der Waals surface area contributed by atoms with Crippen LogP contribution in [-0.2, 0) is 0 Å². The molecule has 0 fully saturated rings. The fourth-order valence-corrected chi connectivity index (χ4v) is 2.14. The molecule has 100 valence electrons. The molecule has 0 aliphatic rings. The van der Waals surface area contributed by atoms with E-state index in [2.05, 4.69) is 6.07 Å². The normalized spacial score (nSPS) is 9.85. The Bertz CT molecular complexity index is 707. The molecule has 2 rings (SSSR count). The predicted molar refractivity (Wildman–Crippen MR) is 84.7 cm³/mol. The second kappa shape index (κ2) is 5.92. The van der Waals surface area contributed by atoms with Crippen LogP contribution in [0.15, 0.2) is 42.5 Å². The van der Waals surface area contributed by atoms with Gasteiger partial charge in [0.2, 0.25) is 0 Å². The minimum atomic E-state index is -0.278. The summed E-state index contributed by atoms with van der Waals surface area (Å²) in [7, 11) is 1.60. The Labute approximate surface area is 130 Å². The van der Waals surface area contributed by atoms with E-state index in [9.17, 15) is 9.90 Å². The van der Waals surface area contributed by atoms with Crippen LogP contribution in [0.5, 0.6) is 5.75 Å². The van der Waals surface area contributed by atoms with Gasteiger partial charge in [-0.3, -0.25) is 4.79 Å². The van der Waals surface area contributed by atoms with Crippen molar-refractivity contribution in [1.29, 1.82) is 5.26 Å². The summed E-state index contributed by atoms with van der Waals surface area (Å²) in [5.74, 6) is -0.210. The van der Waals surface area contributed by atoms with Gasteiger partial charge in [-0.2, -0.15) is 5.26 Å². The molecule has 0 aliphatic carbocycles. The van der Waals surface area contributed by atoms with Gasteiger partial charge in [0, 0.05) is 12.6 Å². The highest BCUT2D eigenvalue weighted by molar-refractivity contribution is 14.1. The molecule has 1 N–H and O–H groups in total. The molecule has 2 aromatic rings. The molecule has 0 spiro atoms. The third kappa shape index (κ3) is 2.75. The third-order valence-corrected chi connectivity index (χ3v) is 3.80. The molecule has 0 atom stereocenters. The van der Waals surface area contributed by atoms with Crippen LogP contribution in [0.3, 0.4) is 0 Å². The molecule has 1 amide bonds. The number of benzene rings is 2. The number of halogens is 1. The summed E-state index contributed by atoms with van der Waals surface area (Å²) in [4.78, 5) is 13.8. The summed E-state index contributed by atoms with van der Waals surface area (Å²) >= 11 is 1.99. The van der Waals surface area contributed by atoms with Gasteiger partial charge in [0.15, 0.2) is 0 Å². The Morgan fingerprint density at radius 2 is 2.00 bits per heavy atom. The molecular weight excluding hydrogens is 367 g/mol. The van der Waals surface area contributed by atoms with Crippen LogP contribution in [0.4, 0.5) is 5.69 Å². The maximum Gasteiger partial charge on any atom is 0.258 e. The van der Waals surface area contributed by atoms with E-state index in [1.807, 2.05) is 22.6 Å². The Hall–Kier alpha value is -2.07. The minimum absolute atomic E-state index is 0.0680. The summed E-state index contributed by atoms with van der Waals surface area (Å²) in [6, 6.07) is 13.7. The highest BCUT2D eigenvalue weighted by atomic mass is 127. The standard InChI is InChI=1S/C15H11IN2O2/c1-18(13-5-3-2-4-11(13)9-17)15(20)10-6-7-12(16)14(19)8-10/h2-8,19H,1H3. The zero-order valence-corrected chi connectivity index (χ0v) is 12.8. The van der Waals surface area contributed by atoms with Crippen molar-refractivity contribution in [3.63, 3.8) is 0 Å². The quantitative estimate of drug-likeness (QED) is 0.817. The Kier molecular flexibility index (Phi) is 4.25. The number of hydrogen-bond donors (Lipinski definition) is 1. The molecule has 0 saturated carbocycles. The maximum atomic E-state index is 12.4. The molecule has 5 heteroatoms. The van der Waals surface area contributed by atoms with E-state index in [4.69, 9.17) is 5.26 Å². The van der Waals surface area contributed by atoms with Crippen LogP contribution in [-0.4, -0.2) is 18.1 Å². The highest BCUT2D eigenvalue weighted by Gasteiger charge is 2.17. The molecule has 20 heavy (non-hydrogen) atoms. The van der Waals surface area contributed by atoms with Gasteiger partial charge in [0.25, 0.3) is 5.91 Å². The van der Waals surface area contributed by atoms with E-state index in [-0.39, 0.29) is 11.7 Å². The van der Waals surface area contributed by atoms with Gasteiger partial charge in [-0.1, -0.05) is 12.1 Å². The average Bonchev–Trinajstić information content (AvgIpc) is 2.48. The summed E-state index contributed by atoms with van der Waals surface area (Å²) in [5.41, 5.74) is 1.34. The van der Waals surface area contributed by atoms with Crippen LogP contribution >= 0.6 is 22.6 Å². The van der Waals surface area contributed by atoms with Crippen molar-refractivity contribution >= 4 is 34.2 Å². The van der Waals surface area contributed by atoms with Crippen LogP contribution in [0, 0.1) is 14.9 Å². The van der Waals surface area contributed by atoms with Gasteiger partial charge in [-0.15, -0.1) is 0 Å². The number of rotatable bonds is 2. The van der Waals surface area contributed by atoms with E-state index in [0.29, 0.717) is 20.4 Å². The second-order valence-electron chi connectivity index (χ2n) is 4.16. The molecule has 0 radical (unpaired) electrons. The van der Waals surface area contributed by atoms with Crippen molar-refractivity contribution in [2.45, 2.75) is 0 Å². The molecule has 0 aromatic heterocycles. The largest absolute Gasteiger partial charge is 0.507 e. The van der Waals surface area contributed by atoms with E-state index < -0.39 is 0 Å². The lowest BCUT2D eigenvalue weighted by Gasteiger charge is -2.18. The van der Waals surface area contributed by atoms with Crippen LogP contribution in [0.1, 0.15) is 15.9 Å². The fourth-order valence-electron chi connectivity index (χ4n) is 1.81. The van der Waals surface area contributed by atoms with Crippen LogP contribution in [0.25, 0.3) is 0 Å². The van der Waals surface area contributed by atoms with Gasteiger partial charge in [-0.05, 0) is 52.9 Å². The first-order chi connectivity index (χ1) is 9.54. The van der Waals surface area contributed by atoms with E-state index >= 15 is 0 Å². The van der Waals surface area contributed by atoms with Crippen molar-refractivity contribution in [1.82, 2.24) is 0 Å². The molecule has 0 saturated heterocycles. The molecular formula is C15H11IN2O2. The number of anilines is 1. The van der Waals surface area contributed by atoms with Gasteiger partial charge in [-0.25, -0.2) is 0 Å². The predicted octanol–water partition coefficient (Wildman–Crippen LogP) is 3.15. The number of hydrogen-bond acceptors (Lipinski definition) is 3. The van der Waals surface area contributed by atoms with Gasteiger partial charge >= 0.3 is 0 Å². The number of phenols is 1. The Morgan fingerprint density at radius 1 is 1.30 bits per heavy atom. The van der Waals surface area contributed by atoms with Crippen molar-refractivity contribution < 1.29 is 9.90 Å². The van der Waals surface area contributed by atoms with Crippen molar-refractivity contribution in [3.05, 3.63) is 57.2 Å². The molecule has 0 heterocycles. The van der Waals surface area contributed by atoms with Crippen molar-refractivity contribution in [2.75, 3.05) is 11.9 Å². The Balaban J connectivity index is 2.38. The third-order valence-electron chi connectivity index (χ3n) is 2.88. The zero-order valence-electron chi connectivity index (χ0n) is 10.7. The first kappa shape index (κ1) is 14.3. The SMILES string of the molecule is CN(C(=O)c1ccc(I)c(O)c1)c1ccccc1C#N. The van der Waals surface area contributed by atoms with Gasteiger partial charge < -0.3 is 10.0 Å². The lowest BCUT2D eigenvalue weighted by molar-refractivity contribution is 0.0992. The number of carbonyl (C=O) groups excluding carboxylic acids is 1. The first-order valence-corrected chi connectivity index (χ1v) is 6.88. The maximum absolute atomic E-state index is 12.4. The number of nitriles is 1.